The Hall–Kier alpha value is -1.98. The van der Waals surface area contributed by atoms with Crippen LogP contribution in [0.1, 0.15) is 18.4 Å². The van der Waals surface area contributed by atoms with Crippen LogP contribution >= 0.6 is 0 Å². The van der Waals surface area contributed by atoms with E-state index in [0.717, 1.165) is 51.8 Å². The van der Waals surface area contributed by atoms with Crippen LogP contribution in [0.2, 0.25) is 0 Å². The summed E-state index contributed by atoms with van der Waals surface area (Å²) in [6.07, 6.45) is 8.14. The summed E-state index contributed by atoms with van der Waals surface area (Å²) in [5.41, 5.74) is 1.48. The van der Waals surface area contributed by atoms with Crippen LogP contribution in [0.4, 0.5) is 5.82 Å². The maximum atomic E-state index is 6.03. The van der Waals surface area contributed by atoms with Crippen molar-refractivity contribution < 1.29 is 4.74 Å². The predicted molar refractivity (Wildman–Crippen MR) is 98.5 cm³/mol. The van der Waals surface area contributed by atoms with Crippen LogP contribution in [0.3, 0.4) is 0 Å². The van der Waals surface area contributed by atoms with Crippen LogP contribution < -0.4 is 4.90 Å². The fourth-order valence-corrected chi connectivity index (χ4v) is 4.17. The maximum absolute atomic E-state index is 6.03. The summed E-state index contributed by atoms with van der Waals surface area (Å²) in [6, 6.07) is 10.3. The molecular formula is C20H26N4O. The predicted octanol–water partition coefficient (Wildman–Crippen LogP) is 2.60. The molecule has 2 saturated heterocycles. The van der Waals surface area contributed by atoms with Gasteiger partial charge in [-0.1, -0.05) is 12.1 Å². The summed E-state index contributed by atoms with van der Waals surface area (Å²) in [6.45, 7) is 6.76. The molecule has 0 radical (unpaired) electrons. The second-order valence-electron chi connectivity index (χ2n) is 7.34. The molecule has 5 heteroatoms. The maximum Gasteiger partial charge on any atom is 0.128 e. The number of aromatic nitrogens is 2. The minimum atomic E-state index is 0.189. The number of anilines is 1. The lowest BCUT2D eigenvalue weighted by Crippen LogP contribution is -2.50. The highest BCUT2D eigenvalue weighted by Gasteiger charge is 2.39. The fourth-order valence-electron chi connectivity index (χ4n) is 4.17. The smallest absolute Gasteiger partial charge is 0.128 e. The number of pyridine rings is 2. The zero-order valence-electron chi connectivity index (χ0n) is 14.7. The first-order valence-electron chi connectivity index (χ1n) is 9.18. The number of ether oxygens (including phenoxy) is 1. The van der Waals surface area contributed by atoms with E-state index >= 15 is 0 Å². The first-order chi connectivity index (χ1) is 12.3. The fraction of sp³-hybridized carbons (Fsp3) is 0.500. The van der Waals surface area contributed by atoms with Gasteiger partial charge in [-0.15, -0.1) is 0 Å². The van der Waals surface area contributed by atoms with Crippen molar-refractivity contribution in [2.75, 3.05) is 44.3 Å². The Morgan fingerprint density at radius 3 is 2.92 bits per heavy atom. The Kier molecular flexibility index (Phi) is 4.95. The van der Waals surface area contributed by atoms with Gasteiger partial charge < -0.3 is 9.64 Å². The van der Waals surface area contributed by atoms with Crippen molar-refractivity contribution >= 4 is 5.82 Å². The molecule has 0 aliphatic carbocycles. The van der Waals surface area contributed by atoms with Gasteiger partial charge in [-0.05, 0) is 43.1 Å². The number of hydrogen-bond donors (Lipinski definition) is 0. The summed E-state index contributed by atoms with van der Waals surface area (Å²) in [4.78, 5) is 13.8. The normalized spacial score (nSPS) is 25.0. The molecule has 0 unspecified atom stereocenters. The summed E-state index contributed by atoms with van der Waals surface area (Å²) in [7, 11) is 0. The molecule has 25 heavy (non-hydrogen) atoms. The Bertz CT molecular complexity index is 666. The van der Waals surface area contributed by atoms with E-state index in [1.807, 2.05) is 30.7 Å². The average molecular weight is 338 g/mol. The topological polar surface area (TPSA) is 41.5 Å². The van der Waals surface area contributed by atoms with E-state index in [-0.39, 0.29) is 5.41 Å². The molecule has 0 bridgehead atoms. The molecule has 2 aromatic rings. The van der Waals surface area contributed by atoms with Gasteiger partial charge in [-0.25, -0.2) is 4.98 Å². The van der Waals surface area contributed by atoms with E-state index in [1.54, 1.807) is 0 Å². The molecule has 132 valence electrons. The monoisotopic (exact) mass is 338 g/mol. The van der Waals surface area contributed by atoms with Gasteiger partial charge in [0, 0.05) is 50.2 Å². The van der Waals surface area contributed by atoms with Crippen molar-refractivity contribution in [1.29, 1.82) is 0 Å². The van der Waals surface area contributed by atoms with Crippen molar-refractivity contribution in [2.24, 2.45) is 5.41 Å². The number of hydrogen-bond acceptors (Lipinski definition) is 5. The van der Waals surface area contributed by atoms with Crippen LogP contribution in [-0.4, -0.2) is 54.3 Å². The van der Waals surface area contributed by atoms with Gasteiger partial charge in [0.15, 0.2) is 0 Å². The Balaban J connectivity index is 1.49. The van der Waals surface area contributed by atoms with Gasteiger partial charge >= 0.3 is 0 Å². The van der Waals surface area contributed by atoms with Crippen molar-refractivity contribution in [3.8, 4) is 0 Å². The van der Waals surface area contributed by atoms with Crippen molar-refractivity contribution in [1.82, 2.24) is 14.9 Å². The Morgan fingerprint density at radius 1 is 1.08 bits per heavy atom. The lowest BCUT2D eigenvalue weighted by atomic mass is 9.80. The van der Waals surface area contributed by atoms with Crippen LogP contribution in [0.25, 0.3) is 0 Å². The standard InChI is InChI=1S/C20H26N4O/c1-2-9-22-19(6-1)24-11-12-25-17-20(16-24)7-4-10-23(15-20)14-18-5-3-8-21-13-18/h1-3,5-6,8-9,13H,4,7,10-12,14-17H2/t20-/m0/s1. The molecule has 0 aromatic carbocycles. The highest BCUT2D eigenvalue weighted by Crippen LogP contribution is 2.34. The van der Waals surface area contributed by atoms with Gasteiger partial charge in [0.25, 0.3) is 0 Å². The molecule has 0 amide bonds. The molecule has 0 saturated carbocycles. The number of rotatable bonds is 3. The highest BCUT2D eigenvalue weighted by molar-refractivity contribution is 5.38. The Morgan fingerprint density at radius 2 is 2.08 bits per heavy atom. The zero-order chi connectivity index (χ0) is 17.0. The molecule has 0 N–H and O–H groups in total. The zero-order valence-corrected chi connectivity index (χ0v) is 14.7. The molecule has 4 rings (SSSR count). The van der Waals surface area contributed by atoms with Crippen molar-refractivity contribution in [2.45, 2.75) is 19.4 Å². The van der Waals surface area contributed by atoms with Crippen LogP contribution in [0, 0.1) is 5.41 Å². The minimum absolute atomic E-state index is 0.189. The molecule has 2 aliphatic rings. The van der Waals surface area contributed by atoms with Crippen LogP contribution in [0.5, 0.6) is 0 Å². The van der Waals surface area contributed by atoms with Crippen molar-refractivity contribution in [3.63, 3.8) is 0 Å². The summed E-state index contributed by atoms with van der Waals surface area (Å²) >= 11 is 0. The number of piperidine rings is 1. The van der Waals surface area contributed by atoms with Gasteiger partial charge in [0.05, 0.1) is 13.2 Å². The summed E-state index contributed by atoms with van der Waals surface area (Å²) < 4.78 is 6.03. The molecule has 2 fully saturated rings. The number of likely N-dealkylation sites (tertiary alicyclic amines) is 1. The van der Waals surface area contributed by atoms with Crippen LogP contribution in [0.15, 0.2) is 48.9 Å². The third-order valence-electron chi connectivity index (χ3n) is 5.28. The highest BCUT2D eigenvalue weighted by atomic mass is 16.5. The van der Waals surface area contributed by atoms with Crippen molar-refractivity contribution in [3.05, 3.63) is 54.5 Å². The van der Waals surface area contributed by atoms with Gasteiger partial charge in [-0.2, -0.15) is 0 Å². The Labute approximate surface area is 149 Å². The average Bonchev–Trinajstić information content (AvgIpc) is 2.86. The van der Waals surface area contributed by atoms with E-state index in [2.05, 4.69) is 38.0 Å². The van der Waals surface area contributed by atoms with Gasteiger partial charge in [0.2, 0.25) is 0 Å². The van der Waals surface area contributed by atoms with Crippen LogP contribution in [-0.2, 0) is 11.3 Å². The van der Waals surface area contributed by atoms with E-state index in [0.29, 0.717) is 0 Å². The summed E-state index contributed by atoms with van der Waals surface area (Å²) in [5.74, 6) is 1.07. The molecule has 4 heterocycles. The van der Waals surface area contributed by atoms with E-state index < -0.39 is 0 Å². The third-order valence-corrected chi connectivity index (χ3v) is 5.28. The largest absolute Gasteiger partial charge is 0.379 e. The van der Waals surface area contributed by atoms with E-state index in [4.69, 9.17) is 4.74 Å². The first kappa shape index (κ1) is 16.5. The number of nitrogens with zero attached hydrogens (tertiary/aromatic N) is 4. The first-order valence-corrected chi connectivity index (χ1v) is 9.18. The van der Waals surface area contributed by atoms with Gasteiger partial charge in [-0.3, -0.25) is 9.88 Å². The lowest BCUT2D eigenvalue weighted by Gasteiger charge is -2.43. The van der Waals surface area contributed by atoms with Gasteiger partial charge in [0.1, 0.15) is 5.82 Å². The quantitative estimate of drug-likeness (QED) is 0.860. The molecule has 2 aliphatic heterocycles. The lowest BCUT2D eigenvalue weighted by molar-refractivity contribution is 0.0106. The molecule has 1 atom stereocenters. The third kappa shape index (κ3) is 3.99. The molecule has 1 spiro atoms. The SMILES string of the molecule is c1ccc(N2CCOC[C@]3(CCCN(Cc4cccnc4)C3)C2)nc1. The molecular weight excluding hydrogens is 312 g/mol. The second kappa shape index (κ2) is 7.50. The van der Waals surface area contributed by atoms with E-state index in [1.165, 1.54) is 18.4 Å². The minimum Gasteiger partial charge on any atom is -0.379 e. The summed E-state index contributed by atoms with van der Waals surface area (Å²) in [5, 5.41) is 0. The van der Waals surface area contributed by atoms with E-state index in [9.17, 15) is 0 Å². The molecule has 5 nitrogen and oxygen atoms in total. The second-order valence-corrected chi connectivity index (χ2v) is 7.34. The molecule has 2 aromatic heterocycles.